The maximum absolute atomic E-state index is 5.90. The zero-order chi connectivity index (χ0) is 15.0. The van der Waals surface area contributed by atoms with Gasteiger partial charge in [-0.1, -0.05) is 26.7 Å². The molecule has 1 aromatic rings. The van der Waals surface area contributed by atoms with Crippen LogP contribution in [-0.4, -0.2) is 26.8 Å². The first-order chi connectivity index (χ1) is 9.52. The number of nitrogens with zero attached hydrogens (tertiary/aromatic N) is 4. The van der Waals surface area contributed by atoms with Crippen LogP contribution in [0.15, 0.2) is 11.3 Å². The fourth-order valence-electron chi connectivity index (χ4n) is 2.02. The van der Waals surface area contributed by atoms with Gasteiger partial charge in [0.25, 0.3) is 0 Å². The second-order valence-corrected chi connectivity index (χ2v) is 5.60. The van der Waals surface area contributed by atoms with Crippen LogP contribution in [-0.2, 0) is 13.1 Å². The number of hydrogen-bond acceptors (Lipinski definition) is 3. The van der Waals surface area contributed by atoms with Crippen molar-refractivity contribution in [2.45, 2.75) is 66.1 Å². The third-order valence-corrected chi connectivity index (χ3v) is 3.24. The lowest BCUT2D eigenvalue weighted by molar-refractivity contribution is 0.493. The monoisotopic (exact) mass is 408 g/mol. The van der Waals surface area contributed by atoms with Crippen molar-refractivity contribution in [3.63, 3.8) is 0 Å². The Morgan fingerprint density at radius 2 is 2.10 bits per heavy atom. The molecule has 0 radical (unpaired) electrons. The van der Waals surface area contributed by atoms with Crippen LogP contribution < -0.4 is 11.1 Å². The van der Waals surface area contributed by atoms with Crippen molar-refractivity contribution in [1.82, 2.24) is 20.1 Å². The molecule has 0 aromatic carbocycles. The zero-order valence-electron chi connectivity index (χ0n) is 13.5. The minimum Gasteiger partial charge on any atom is -0.370 e. The Morgan fingerprint density at radius 1 is 1.38 bits per heavy atom. The molecule has 1 aromatic heterocycles. The van der Waals surface area contributed by atoms with Crippen molar-refractivity contribution in [2.75, 3.05) is 0 Å². The summed E-state index contributed by atoms with van der Waals surface area (Å²) in [5.74, 6) is 2.08. The van der Waals surface area contributed by atoms with Gasteiger partial charge in [-0.05, 0) is 26.2 Å². The Hall–Kier alpha value is -0.860. The van der Waals surface area contributed by atoms with E-state index < -0.39 is 0 Å². The fourth-order valence-corrected chi connectivity index (χ4v) is 2.02. The predicted octanol–water partition coefficient (Wildman–Crippen LogP) is 2.54. The summed E-state index contributed by atoms with van der Waals surface area (Å²) in [5, 5.41) is 11.1. The number of hydrogen-bond donors (Lipinski definition) is 2. The first-order valence-corrected chi connectivity index (χ1v) is 7.46. The lowest BCUT2D eigenvalue weighted by Gasteiger charge is -2.15. The van der Waals surface area contributed by atoms with Gasteiger partial charge in [-0.2, -0.15) is 0 Å². The zero-order valence-corrected chi connectivity index (χ0v) is 15.9. The quantitative estimate of drug-likeness (QED) is 0.394. The van der Waals surface area contributed by atoms with E-state index in [-0.39, 0.29) is 24.0 Å². The lowest BCUT2D eigenvalue weighted by atomic mass is 10.0. The molecule has 0 fully saturated rings. The van der Waals surface area contributed by atoms with Crippen LogP contribution >= 0.6 is 24.0 Å². The molecule has 6 nitrogen and oxygen atoms in total. The van der Waals surface area contributed by atoms with Crippen LogP contribution in [0.4, 0.5) is 0 Å². The third-order valence-electron chi connectivity index (χ3n) is 3.24. The van der Waals surface area contributed by atoms with Gasteiger partial charge in [0.2, 0.25) is 0 Å². The van der Waals surface area contributed by atoms with E-state index in [0.29, 0.717) is 18.5 Å². The molecule has 0 saturated carbocycles. The maximum Gasteiger partial charge on any atom is 0.189 e. The molecule has 0 amide bonds. The molecule has 0 saturated heterocycles. The van der Waals surface area contributed by atoms with Crippen molar-refractivity contribution in [3.8, 4) is 0 Å². The molecule has 3 N–H and O–H groups in total. The van der Waals surface area contributed by atoms with Gasteiger partial charge >= 0.3 is 0 Å². The van der Waals surface area contributed by atoms with Gasteiger partial charge in [-0.25, -0.2) is 4.99 Å². The maximum atomic E-state index is 5.90. The van der Waals surface area contributed by atoms with Gasteiger partial charge in [-0.15, -0.1) is 34.2 Å². The van der Waals surface area contributed by atoms with E-state index in [9.17, 15) is 0 Å². The van der Waals surface area contributed by atoms with E-state index in [1.807, 2.05) is 4.57 Å². The molecule has 1 heterocycles. The summed E-state index contributed by atoms with van der Waals surface area (Å²) < 4.78 is 1.96. The number of nitrogens with one attached hydrogen (secondary N) is 1. The van der Waals surface area contributed by atoms with Gasteiger partial charge in [0, 0.05) is 12.6 Å². The Morgan fingerprint density at radius 3 is 2.71 bits per heavy atom. The summed E-state index contributed by atoms with van der Waals surface area (Å²) in [6, 6.07) is 0.349. The number of aromatic nitrogens is 3. The summed E-state index contributed by atoms with van der Waals surface area (Å²) in [6.07, 6.45) is 5.29. The Labute approximate surface area is 145 Å². The normalized spacial score (nSPS) is 13.1. The van der Waals surface area contributed by atoms with E-state index in [1.54, 1.807) is 6.33 Å². The minimum atomic E-state index is 0. The largest absolute Gasteiger partial charge is 0.370 e. The predicted molar refractivity (Wildman–Crippen MR) is 97.7 cm³/mol. The standard InChI is InChI=1S/C14H28N6.HI/c1-5-20-10-17-19-13(20)9-16-14(15)18-12(4)8-6-7-11(2)3;/h10-12H,5-9H2,1-4H3,(H3,15,16,18);1H. The molecule has 0 bridgehead atoms. The average Bonchev–Trinajstić information content (AvgIpc) is 2.83. The summed E-state index contributed by atoms with van der Waals surface area (Å²) in [7, 11) is 0. The van der Waals surface area contributed by atoms with Crippen LogP contribution in [0.5, 0.6) is 0 Å². The molecular weight excluding hydrogens is 379 g/mol. The number of guanidine groups is 1. The van der Waals surface area contributed by atoms with E-state index in [2.05, 4.69) is 48.2 Å². The minimum absolute atomic E-state index is 0. The Bertz CT molecular complexity index is 415. The van der Waals surface area contributed by atoms with Gasteiger partial charge in [0.15, 0.2) is 11.8 Å². The number of nitrogens with two attached hydrogens (primary N) is 1. The summed E-state index contributed by atoms with van der Waals surface area (Å²) in [5.41, 5.74) is 5.90. The molecule has 0 aliphatic rings. The van der Waals surface area contributed by atoms with Gasteiger partial charge in [0.05, 0.1) is 0 Å². The number of aryl methyl sites for hydroxylation is 1. The number of rotatable bonds is 8. The van der Waals surface area contributed by atoms with Crippen molar-refractivity contribution >= 4 is 29.9 Å². The van der Waals surface area contributed by atoms with Crippen LogP contribution in [0.3, 0.4) is 0 Å². The molecule has 7 heteroatoms. The Kier molecular flexibility index (Phi) is 10.4. The molecule has 21 heavy (non-hydrogen) atoms. The second kappa shape index (κ2) is 10.8. The molecule has 1 rings (SSSR count). The highest BCUT2D eigenvalue weighted by Crippen LogP contribution is 2.08. The molecule has 122 valence electrons. The van der Waals surface area contributed by atoms with E-state index >= 15 is 0 Å². The average molecular weight is 408 g/mol. The second-order valence-electron chi connectivity index (χ2n) is 5.60. The van der Waals surface area contributed by atoms with Crippen LogP contribution in [0.2, 0.25) is 0 Å². The highest BCUT2D eigenvalue weighted by atomic mass is 127. The topological polar surface area (TPSA) is 81.1 Å². The highest BCUT2D eigenvalue weighted by Gasteiger charge is 2.05. The van der Waals surface area contributed by atoms with Crippen LogP contribution in [0.1, 0.15) is 52.8 Å². The summed E-state index contributed by atoms with van der Waals surface area (Å²) in [6.45, 7) is 9.99. The first kappa shape index (κ1) is 20.1. The van der Waals surface area contributed by atoms with E-state index in [4.69, 9.17) is 5.73 Å². The Balaban J connectivity index is 0.00000400. The molecule has 0 spiro atoms. The smallest absolute Gasteiger partial charge is 0.189 e. The van der Waals surface area contributed by atoms with Gasteiger partial charge in [0.1, 0.15) is 12.9 Å². The summed E-state index contributed by atoms with van der Waals surface area (Å²) >= 11 is 0. The van der Waals surface area contributed by atoms with Crippen molar-refractivity contribution in [3.05, 3.63) is 12.2 Å². The van der Waals surface area contributed by atoms with Crippen molar-refractivity contribution in [2.24, 2.45) is 16.6 Å². The van der Waals surface area contributed by atoms with Gasteiger partial charge in [-0.3, -0.25) is 0 Å². The molecular formula is C14H29IN6. The third kappa shape index (κ3) is 8.23. The number of aliphatic imine (C=N–C) groups is 1. The van der Waals surface area contributed by atoms with E-state index in [1.165, 1.54) is 12.8 Å². The van der Waals surface area contributed by atoms with E-state index in [0.717, 1.165) is 24.7 Å². The molecule has 0 aliphatic heterocycles. The fraction of sp³-hybridized carbons (Fsp3) is 0.786. The van der Waals surface area contributed by atoms with Crippen molar-refractivity contribution < 1.29 is 0 Å². The first-order valence-electron chi connectivity index (χ1n) is 7.46. The number of halogens is 1. The molecule has 0 aliphatic carbocycles. The SMILES string of the molecule is CCn1cnnc1CN=C(N)NC(C)CCCC(C)C.I. The summed E-state index contributed by atoms with van der Waals surface area (Å²) in [4.78, 5) is 4.32. The molecule has 1 unspecified atom stereocenters. The highest BCUT2D eigenvalue weighted by molar-refractivity contribution is 14.0. The molecule has 1 atom stereocenters. The van der Waals surface area contributed by atoms with Gasteiger partial charge < -0.3 is 15.6 Å². The van der Waals surface area contributed by atoms with Crippen molar-refractivity contribution in [1.29, 1.82) is 0 Å². The van der Waals surface area contributed by atoms with Crippen LogP contribution in [0, 0.1) is 5.92 Å². The lowest BCUT2D eigenvalue weighted by Crippen LogP contribution is -2.38. The van der Waals surface area contributed by atoms with Crippen LogP contribution in [0.25, 0.3) is 0 Å².